The Morgan fingerprint density at radius 3 is 2.59 bits per heavy atom. The fourth-order valence-electron chi connectivity index (χ4n) is 3.26. The highest BCUT2D eigenvalue weighted by atomic mass is 32.1. The number of aliphatic carboxylic acids is 1. The molecule has 3 rings (SSSR count). The van der Waals surface area contributed by atoms with Crippen LogP contribution in [0.15, 0.2) is 53.9 Å². The molecule has 1 unspecified atom stereocenters. The van der Waals surface area contributed by atoms with Crippen molar-refractivity contribution < 1.29 is 14.7 Å². The predicted octanol–water partition coefficient (Wildman–Crippen LogP) is 5.61. The highest BCUT2D eigenvalue weighted by Gasteiger charge is 2.11. The maximum atomic E-state index is 12.5. The van der Waals surface area contributed by atoms with Gasteiger partial charge in [-0.15, -0.1) is 11.3 Å². The van der Waals surface area contributed by atoms with Crippen LogP contribution >= 0.6 is 11.3 Å². The molecule has 1 aromatic heterocycles. The number of aryl methyl sites for hydroxylation is 1. The maximum Gasteiger partial charge on any atom is 0.309 e. The summed E-state index contributed by atoms with van der Waals surface area (Å²) in [6.45, 7) is 5.19. The molecule has 0 saturated carbocycles. The largest absolute Gasteiger partial charge is 0.481 e. The van der Waals surface area contributed by atoms with Crippen molar-refractivity contribution in [1.82, 2.24) is 4.98 Å². The summed E-state index contributed by atoms with van der Waals surface area (Å²) in [4.78, 5) is 27.3. The van der Waals surface area contributed by atoms with E-state index in [0.29, 0.717) is 22.9 Å². The minimum atomic E-state index is -0.949. The molecule has 168 valence electrons. The summed E-state index contributed by atoms with van der Waals surface area (Å²) in [7, 11) is 0. The van der Waals surface area contributed by atoms with Crippen molar-refractivity contribution in [2.75, 3.05) is 10.6 Å². The lowest BCUT2D eigenvalue weighted by Crippen LogP contribution is -2.12. The summed E-state index contributed by atoms with van der Waals surface area (Å²) in [6.07, 6.45) is 3.27. The number of nitrogens with one attached hydrogen (secondary N) is 2. The van der Waals surface area contributed by atoms with Crippen molar-refractivity contribution in [3.63, 3.8) is 0 Å². The monoisotopic (exact) mass is 451 g/mol. The summed E-state index contributed by atoms with van der Waals surface area (Å²) in [5.74, 6) is -0.499. The van der Waals surface area contributed by atoms with E-state index in [0.717, 1.165) is 23.6 Å². The first-order chi connectivity index (χ1) is 15.4. The Balaban J connectivity index is 1.55. The van der Waals surface area contributed by atoms with E-state index in [2.05, 4.69) is 47.7 Å². The molecule has 0 spiro atoms. The van der Waals surface area contributed by atoms with Crippen molar-refractivity contribution in [3.05, 3.63) is 76.3 Å². The number of amides is 1. The summed E-state index contributed by atoms with van der Waals surface area (Å²) >= 11 is 1.22. The number of anilines is 2. The number of carbonyl (C=O) groups excluding carboxylic acids is 1. The van der Waals surface area contributed by atoms with Crippen LogP contribution in [0.25, 0.3) is 0 Å². The van der Waals surface area contributed by atoms with Crippen LogP contribution in [0.2, 0.25) is 0 Å². The highest BCUT2D eigenvalue weighted by Crippen LogP contribution is 2.21. The third-order valence-electron chi connectivity index (χ3n) is 5.42. The molecule has 1 atom stereocenters. The van der Waals surface area contributed by atoms with Gasteiger partial charge in [0.2, 0.25) is 0 Å². The second-order valence-corrected chi connectivity index (χ2v) is 8.79. The highest BCUT2D eigenvalue weighted by molar-refractivity contribution is 7.14. The first-order valence-electron chi connectivity index (χ1n) is 10.8. The molecule has 0 saturated heterocycles. The van der Waals surface area contributed by atoms with Crippen LogP contribution in [0.3, 0.4) is 0 Å². The number of thiazole rings is 1. The van der Waals surface area contributed by atoms with E-state index in [-0.39, 0.29) is 12.3 Å². The van der Waals surface area contributed by atoms with E-state index in [9.17, 15) is 9.59 Å². The molecule has 0 fully saturated rings. The SMILES string of the molecule is CCC(C)CCc1ccccc1NCc1ccc(C(=O)Nc2nc(CC(=O)O)cs2)cc1. The Morgan fingerprint density at radius 1 is 1.12 bits per heavy atom. The smallest absolute Gasteiger partial charge is 0.309 e. The van der Waals surface area contributed by atoms with Gasteiger partial charge in [-0.3, -0.25) is 14.9 Å². The Bertz CT molecular complexity index is 1050. The van der Waals surface area contributed by atoms with Gasteiger partial charge in [-0.2, -0.15) is 0 Å². The fraction of sp³-hybridized carbons (Fsp3) is 0.320. The molecule has 1 amide bonds. The lowest BCUT2D eigenvalue weighted by atomic mass is 9.98. The van der Waals surface area contributed by atoms with E-state index in [1.54, 1.807) is 17.5 Å². The number of aromatic nitrogens is 1. The molecule has 3 aromatic rings. The molecule has 0 aliphatic heterocycles. The van der Waals surface area contributed by atoms with E-state index in [1.807, 2.05) is 18.2 Å². The van der Waals surface area contributed by atoms with Gasteiger partial charge in [-0.1, -0.05) is 50.6 Å². The average Bonchev–Trinajstić information content (AvgIpc) is 3.22. The van der Waals surface area contributed by atoms with Gasteiger partial charge in [-0.25, -0.2) is 4.98 Å². The minimum absolute atomic E-state index is 0.158. The van der Waals surface area contributed by atoms with Gasteiger partial charge in [-0.05, 0) is 48.1 Å². The Morgan fingerprint density at radius 2 is 1.88 bits per heavy atom. The van der Waals surface area contributed by atoms with Gasteiger partial charge in [0.15, 0.2) is 5.13 Å². The minimum Gasteiger partial charge on any atom is -0.481 e. The van der Waals surface area contributed by atoms with Gasteiger partial charge in [0, 0.05) is 23.2 Å². The number of para-hydroxylation sites is 1. The fourth-order valence-corrected chi connectivity index (χ4v) is 3.96. The number of nitrogens with zero attached hydrogens (tertiary/aromatic N) is 1. The molecule has 32 heavy (non-hydrogen) atoms. The standard InChI is InChI=1S/C25H29N3O3S/c1-3-17(2)8-11-19-6-4-5-7-22(19)26-15-18-9-12-20(13-10-18)24(31)28-25-27-21(16-32-25)14-23(29)30/h4-7,9-10,12-13,16-17,26H,3,8,11,14-15H2,1-2H3,(H,29,30)(H,27,28,31). The summed E-state index contributed by atoms with van der Waals surface area (Å²) < 4.78 is 0. The van der Waals surface area contributed by atoms with E-state index in [4.69, 9.17) is 5.11 Å². The van der Waals surface area contributed by atoms with Crippen LogP contribution in [0.1, 0.15) is 53.9 Å². The molecular formula is C25H29N3O3S. The number of hydrogen-bond acceptors (Lipinski definition) is 5. The molecule has 0 aliphatic rings. The van der Waals surface area contributed by atoms with Gasteiger partial charge >= 0.3 is 5.97 Å². The number of carboxylic acid groups (broad SMARTS) is 1. The van der Waals surface area contributed by atoms with Gasteiger partial charge in [0.1, 0.15) is 0 Å². The molecule has 0 bridgehead atoms. The third kappa shape index (κ3) is 6.92. The van der Waals surface area contributed by atoms with Gasteiger partial charge in [0.05, 0.1) is 12.1 Å². The molecule has 0 aliphatic carbocycles. The Labute approximate surface area is 192 Å². The van der Waals surface area contributed by atoms with E-state index in [1.165, 1.54) is 29.7 Å². The average molecular weight is 452 g/mol. The topological polar surface area (TPSA) is 91.3 Å². The lowest BCUT2D eigenvalue weighted by Gasteiger charge is -2.14. The van der Waals surface area contributed by atoms with Crippen LogP contribution in [0, 0.1) is 5.92 Å². The maximum absolute atomic E-state index is 12.5. The van der Waals surface area contributed by atoms with Crippen LogP contribution in [0.5, 0.6) is 0 Å². The van der Waals surface area contributed by atoms with Gasteiger partial charge in [0.25, 0.3) is 5.91 Å². The molecule has 1 heterocycles. The third-order valence-corrected chi connectivity index (χ3v) is 6.23. The molecule has 0 radical (unpaired) electrons. The zero-order chi connectivity index (χ0) is 22.9. The van der Waals surface area contributed by atoms with Crippen molar-refractivity contribution >= 4 is 34.0 Å². The first-order valence-corrected chi connectivity index (χ1v) is 11.7. The summed E-state index contributed by atoms with van der Waals surface area (Å²) in [6, 6.07) is 15.8. The zero-order valence-electron chi connectivity index (χ0n) is 18.4. The molecule has 7 heteroatoms. The molecule has 6 nitrogen and oxygen atoms in total. The summed E-state index contributed by atoms with van der Waals surface area (Å²) in [5.41, 5.74) is 4.52. The molecule has 3 N–H and O–H groups in total. The number of carboxylic acids is 1. The van der Waals surface area contributed by atoms with Crippen molar-refractivity contribution in [2.24, 2.45) is 5.92 Å². The number of hydrogen-bond donors (Lipinski definition) is 3. The number of benzene rings is 2. The van der Waals surface area contributed by atoms with Crippen LogP contribution in [-0.4, -0.2) is 22.0 Å². The lowest BCUT2D eigenvalue weighted by molar-refractivity contribution is -0.136. The summed E-state index contributed by atoms with van der Waals surface area (Å²) in [5, 5.41) is 17.1. The normalized spacial score (nSPS) is 11.7. The quantitative estimate of drug-likeness (QED) is 0.352. The number of carbonyl (C=O) groups is 2. The Kier molecular flexibility index (Phi) is 8.39. The second-order valence-electron chi connectivity index (χ2n) is 7.93. The van der Waals surface area contributed by atoms with Crippen molar-refractivity contribution in [3.8, 4) is 0 Å². The predicted molar refractivity (Wildman–Crippen MR) is 129 cm³/mol. The van der Waals surface area contributed by atoms with E-state index < -0.39 is 5.97 Å². The molecular weight excluding hydrogens is 422 g/mol. The zero-order valence-corrected chi connectivity index (χ0v) is 19.2. The Hall–Kier alpha value is -3.19. The second kappa shape index (κ2) is 11.4. The van der Waals surface area contributed by atoms with Crippen LogP contribution < -0.4 is 10.6 Å². The van der Waals surface area contributed by atoms with E-state index >= 15 is 0 Å². The van der Waals surface area contributed by atoms with Crippen LogP contribution in [-0.2, 0) is 24.2 Å². The first kappa shape index (κ1) is 23.5. The van der Waals surface area contributed by atoms with Crippen molar-refractivity contribution in [2.45, 2.75) is 46.1 Å². The van der Waals surface area contributed by atoms with Crippen LogP contribution in [0.4, 0.5) is 10.8 Å². The van der Waals surface area contributed by atoms with Crippen molar-refractivity contribution in [1.29, 1.82) is 0 Å². The van der Waals surface area contributed by atoms with Gasteiger partial charge < -0.3 is 10.4 Å². The molecule has 2 aromatic carbocycles. The number of rotatable bonds is 11.